The van der Waals surface area contributed by atoms with E-state index in [0.717, 1.165) is 25.0 Å². The molecule has 1 unspecified atom stereocenters. The van der Waals surface area contributed by atoms with Gasteiger partial charge < -0.3 is 10.4 Å². The van der Waals surface area contributed by atoms with Crippen LogP contribution >= 0.6 is 11.8 Å². The number of amides is 1. The second-order valence-corrected chi connectivity index (χ2v) is 7.98. The Bertz CT molecular complexity index is 610. The van der Waals surface area contributed by atoms with Crippen molar-refractivity contribution < 1.29 is 14.7 Å². The molecule has 0 saturated heterocycles. The average molecular weight is 347 g/mol. The van der Waals surface area contributed by atoms with E-state index < -0.39 is 5.97 Å². The van der Waals surface area contributed by atoms with E-state index in [-0.39, 0.29) is 22.9 Å². The van der Waals surface area contributed by atoms with Gasteiger partial charge in [0.05, 0.1) is 0 Å². The van der Waals surface area contributed by atoms with Crippen LogP contribution in [0.15, 0.2) is 47.0 Å². The molecule has 5 heteroatoms. The number of hydrogen-bond donors (Lipinski definition) is 2. The zero-order valence-corrected chi connectivity index (χ0v) is 15.1. The predicted molar refractivity (Wildman–Crippen MR) is 96.8 cm³/mol. The van der Waals surface area contributed by atoms with Gasteiger partial charge in [0.15, 0.2) is 0 Å². The Kier molecular flexibility index (Phi) is 6.49. The molecule has 1 aliphatic rings. The number of thioether (sulfide) groups is 1. The first-order valence-electron chi connectivity index (χ1n) is 8.32. The van der Waals surface area contributed by atoms with Gasteiger partial charge in [-0.2, -0.15) is 0 Å². The van der Waals surface area contributed by atoms with E-state index in [9.17, 15) is 14.7 Å². The summed E-state index contributed by atoms with van der Waals surface area (Å²) in [6.45, 7) is 4.04. The summed E-state index contributed by atoms with van der Waals surface area (Å²) >= 11 is 1.80. The Morgan fingerprint density at radius 2 is 1.96 bits per heavy atom. The van der Waals surface area contributed by atoms with Crippen molar-refractivity contribution in [2.45, 2.75) is 44.4 Å². The molecule has 1 saturated carbocycles. The summed E-state index contributed by atoms with van der Waals surface area (Å²) in [6.07, 6.45) is 5.02. The van der Waals surface area contributed by atoms with Crippen LogP contribution in [0.1, 0.15) is 39.5 Å². The number of carboxylic acids is 1. The van der Waals surface area contributed by atoms with Crippen molar-refractivity contribution in [3.05, 3.63) is 42.1 Å². The molecule has 1 aromatic rings. The maximum atomic E-state index is 12.0. The third kappa shape index (κ3) is 5.71. The largest absolute Gasteiger partial charge is 0.477 e. The van der Waals surface area contributed by atoms with Gasteiger partial charge in [0.2, 0.25) is 5.91 Å². The second kappa shape index (κ2) is 8.38. The number of rotatable bonds is 9. The third-order valence-electron chi connectivity index (χ3n) is 4.28. The Balaban J connectivity index is 1.69. The van der Waals surface area contributed by atoms with E-state index >= 15 is 0 Å². The number of carbonyl (C=O) groups is 2. The number of hydrogen-bond acceptors (Lipinski definition) is 3. The zero-order valence-electron chi connectivity index (χ0n) is 14.2. The molecule has 1 atom stereocenters. The topological polar surface area (TPSA) is 66.4 Å². The van der Waals surface area contributed by atoms with Crippen LogP contribution in [0.5, 0.6) is 0 Å². The SMILES string of the molecule is CC1(C)CC1C(=O)N/C(=C/CCCCSc1ccccc1)C(=O)O. The fourth-order valence-corrected chi connectivity index (χ4v) is 3.46. The number of nitrogens with one attached hydrogen (secondary N) is 1. The monoisotopic (exact) mass is 347 g/mol. The Morgan fingerprint density at radius 1 is 1.29 bits per heavy atom. The highest BCUT2D eigenvalue weighted by molar-refractivity contribution is 7.99. The van der Waals surface area contributed by atoms with Gasteiger partial charge in [-0.25, -0.2) is 4.79 Å². The lowest BCUT2D eigenvalue weighted by Crippen LogP contribution is -2.29. The summed E-state index contributed by atoms with van der Waals surface area (Å²) in [5, 5.41) is 11.8. The van der Waals surface area contributed by atoms with Crippen LogP contribution in [0.2, 0.25) is 0 Å². The molecule has 0 heterocycles. The van der Waals surface area contributed by atoms with Crippen LogP contribution in [-0.4, -0.2) is 22.7 Å². The predicted octanol–water partition coefficient (Wildman–Crippen LogP) is 4.08. The van der Waals surface area contributed by atoms with Crippen LogP contribution in [0.4, 0.5) is 0 Å². The first kappa shape index (κ1) is 18.6. The van der Waals surface area contributed by atoms with Gasteiger partial charge in [-0.05, 0) is 49.0 Å². The molecule has 0 aliphatic heterocycles. The smallest absolute Gasteiger partial charge is 0.352 e. The fraction of sp³-hybridized carbons (Fsp3) is 0.474. The first-order chi connectivity index (χ1) is 11.4. The molecular weight excluding hydrogens is 322 g/mol. The van der Waals surface area contributed by atoms with E-state index in [1.807, 2.05) is 32.0 Å². The summed E-state index contributed by atoms with van der Waals surface area (Å²) in [7, 11) is 0. The zero-order chi connectivity index (χ0) is 17.6. The first-order valence-corrected chi connectivity index (χ1v) is 9.31. The van der Waals surface area contributed by atoms with Gasteiger partial charge in [-0.3, -0.25) is 4.79 Å². The number of unbranched alkanes of at least 4 members (excludes halogenated alkanes) is 2. The van der Waals surface area contributed by atoms with Crippen molar-refractivity contribution >= 4 is 23.6 Å². The van der Waals surface area contributed by atoms with Crippen molar-refractivity contribution in [1.82, 2.24) is 5.32 Å². The molecule has 0 radical (unpaired) electrons. The highest BCUT2D eigenvalue weighted by Gasteiger charge is 2.50. The van der Waals surface area contributed by atoms with E-state index in [2.05, 4.69) is 17.4 Å². The van der Waals surface area contributed by atoms with E-state index in [1.165, 1.54) is 4.90 Å². The maximum Gasteiger partial charge on any atom is 0.352 e. The van der Waals surface area contributed by atoms with Gasteiger partial charge >= 0.3 is 5.97 Å². The van der Waals surface area contributed by atoms with Crippen LogP contribution < -0.4 is 5.32 Å². The third-order valence-corrected chi connectivity index (χ3v) is 5.38. The number of aliphatic carboxylic acids is 1. The fourth-order valence-electron chi connectivity index (χ4n) is 2.53. The quantitative estimate of drug-likeness (QED) is 0.401. The molecule has 1 aliphatic carbocycles. The standard InChI is InChI=1S/C19H25NO3S/c1-19(2)13-15(19)17(21)20-16(18(22)23)11-7-4-8-12-24-14-9-5-3-6-10-14/h3,5-6,9-11,15H,4,7-8,12-13H2,1-2H3,(H,20,21)(H,22,23)/b16-11+. The highest BCUT2D eigenvalue weighted by atomic mass is 32.2. The van der Waals surface area contributed by atoms with Gasteiger partial charge in [-0.1, -0.05) is 38.1 Å². The van der Waals surface area contributed by atoms with Crippen LogP contribution in [0.25, 0.3) is 0 Å². The minimum absolute atomic E-state index is 0.00234. The Labute approximate surface area is 147 Å². The van der Waals surface area contributed by atoms with Crippen LogP contribution in [0, 0.1) is 11.3 Å². The molecule has 2 N–H and O–H groups in total. The molecule has 1 fully saturated rings. The summed E-state index contributed by atoms with van der Waals surface area (Å²) in [4.78, 5) is 24.5. The normalized spacial score (nSPS) is 18.9. The molecule has 2 rings (SSSR count). The summed E-state index contributed by atoms with van der Waals surface area (Å²) in [5.74, 6) is -0.306. The Morgan fingerprint density at radius 3 is 2.54 bits per heavy atom. The van der Waals surface area contributed by atoms with Crippen molar-refractivity contribution in [3.8, 4) is 0 Å². The lowest BCUT2D eigenvalue weighted by atomic mass is 10.1. The molecule has 1 amide bonds. The summed E-state index contributed by atoms with van der Waals surface area (Å²) in [5.41, 5.74) is 0.0148. The van der Waals surface area contributed by atoms with Crippen molar-refractivity contribution in [2.75, 3.05) is 5.75 Å². The number of allylic oxidation sites excluding steroid dienone is 1. The molecule has 0 bridgehead atoms. The van der Waals surface area contributed by atoms with Crippen LogP contribution in [0.3, 0.4) is 0 Å². The average Bonchev–Trinajstić information content (AvgIpc) is 3.19. The summed E-state index contributed by atoms with van der Waals surface area (Å²) in [6, 6.07) is 10.2. The molecule has 4 nitrogen and oxygen atoms in total. The summed E-state index contributed by atoms with van der Waals surface area (Å²) < 4.78 is 0. The molecule has 24 heavy (non-hydrogen) atoms. The van der Waals surface area contributed by atoms with E-state index in [4.69, 9.17) is 0 Å². The van der Waals surface area contributed by atoms with Crippen molar-refractivity contribution in [1.29, 1.82) is 0 Å². The van der Waals surface area contributed by atoms with Gasteiger partial charge in [0.25, 0.3) is 0 Å². The lowest BCUT2D eigenvalue weighted by Gasteiger charge is -2.07. The maximum absolute atomic E-state index is 12.0. The lowest BCUT2D eigenvalue weighted by molar-refractivity contribution is -0.135. The van der Waals surface area contributed by atoms with Gasteiger partial charge in [0.1, 0.15) is 5.70 Å². The number of carboxylic acid groups (broad SMARTS) is 1. The van der Waals surface area contributed by atoms with Crippen LogP contribution in [-0.2, 0) is 9.59 Å². The second-order valence-electron chi connectivity index (χ2n) is 6.81. The van der Waals surface area contributed by atoms with Crippen molar-refractivity contribution in [2.24, 2.45) is 11.3 Å². The molecule has 0 aromatic heterocycles. The highest BCUT2D eigenvalue weighted by Crippen LogP contribution is 2.51. The molecule has 0 spiro atoms. The van der Waals surface area contributed by atoms with E-state index in [1.54, 1.807) is 17.8 Å². The van der Waals surface area contributed by atoms with Crippen molar-refractivity contribution in [3.63, 3.8) is 0 Å². The minimum atomic E-state index is -1.07. The minimum Gasteiger partial charge on any atom is -0.477 e. The Hall–Kier alpha value is -1.75. The number of carbonyl (C=O) groups excluding carboxylic acids is 1. The molecular formula is C19H25NO3S. The van der Waals surface area contributed by atoms with E-state index in [0.29, 0.717) is 6.42 Å². The molecule has 130 valence electrons. The van der Waals surface area contributed by atoms with Gasteiger partial charge in [-0.15, -0.1) is 11.8 Å². The van der Waals surface area contributed by atoms with Gasteiger partial charge in [0, 0.05) is 10.8 Å². The molecule has 1 aromatic carbocycles. The number of benzene rings is 1.